The SMILES string of the molecule is Nc1nc(N)c2c(Cl)c(CNc3ccc(C(=O)N[C@@H](CCC(=O)O)C(=O)O)cc3)ccc2n1. The fourth-order valence-corrected chi connectivity index (χ4v) is 3.44. The molecule has 0 saturated carbocycles. The van der Waals surface area contributed by atoms with Gasteiger partial charge in [-0.2, -0.15) is 4.98 Å². The molecular formula is C21H21ClN6O5. The molecule has 8 N–H and O–H groups in total. The van der Waals surface area contributed by atoms with E-state index in [1.165, 1.54) is 12.1 Å². The van der Waals surface area contributed by atoms with E-state index >= 15 is 0 Å². The second-order valence-electron chi connectivity index (χ2n) is 7.13. The summed E-state index contributed by atoms with van der Waals surface area (Å²) in [5, 5.41) is 24.3. The number of nitrogens with zero attached hydrogens (tertiary/aromatic N) is 2. The lowest BCUT2D eigenvalue weighted by Crippen LogP contribution is -2.41. The summed E-state index contributed by atoms with van der Waals surface area (Å²) < 4.78 is 0. The number of carbonyl (C=O) groups is 3. The van der Waals surface area contributed by atoms with Gasteiger partial charge in [0.15, 0.2) is 0 Å². The number of rotatable bonds is 9. The zero-order valence-corrected chi connectivity index (χ0v) is 18.0. The summed E-state index contributed by atoms with van der Waals surface area (Å²) in [6.07, 6.45) is -0.590. The molecule has 0 aliphatic carbocycles. The standard InChI is InChI=1S/C21H21ClN6O5/c22-17-11(3-6-13-16(17)18(23)28-21(24)27-13)9-25-12-4-1-10(2-5-12)19(31)26-14(20(32)33)7-8-15(29)30/h1-6,14,25H,7-9H2,(H,26,31)(H,29,30)(H,32,33)(H4,23,24,27,28)/t14-/m0/s1. The number of nitrogens with one attached hydrogen (secondary N) is 2. The fraction of sp³-hybridized carbons (Fsp3) is 0.190. The molecule has 2 aromatic carbocycles. The fourth-order valence-electron chi connectivity index (χ4n) is 3.11. The average Bonchev–Trinajstić information content (AvgIpc) is 2.75. The van der Waals surface area contributed by atoms with Gasteiger partial charge in [-0.25, -0.2) is 9.78 Å². The van der Waals surface area contributed by atoms with E-state index in [0.717, 1.165) is 5.56 Å². The van der Waals surface area contributed by atoms with Crippen LogP contribution in [0, 0.1) is 0 Å². The number of carboxylic acids is 2. The second kappa shape index (κ2) is 10.0. The van der Waals surface area contributed by atoms with E-state index in [2.05, 4.69) is 20.6 Å². The Labute approximate surface area is 192 Å². The van der Waals surface area contributed by atoms with Crippen molar-refractivity contribution in [3.8, 4) is 0 Å². The van der Waals surface area contributed by atoms with Gasteiger partial charge >= 0.3 is 11.9 Å². The van der Waals surface area contributed by atoms with Gasteiger partial charge in [-0.15, -0.1) is 0 Å². The summed E-state index contributed by atoms with van der Waals surface area (Å²) in [6, 6.07) is 8.56. The highest BCUT2D eigenvalue weighted by molar-refractivity contribution is 6.37. The molecule has 0 bridgehead atoms. The van der Waals surface area contributed by atoms with Crippen LogP contribution in [0.5, 0.6) is 0 Å². The highest BCUT2D eigenvalue weighted by Gasteiger charge is 2.21. The van der Waals surface area contributed by atoms with Crippen molar-refractivity contribution in [1.29, 1.82) is 0 Å². The second-order valence-corrected chi connectivity index (χ2v) is 7.51. The van der Waals surface area contributed by atoms with Gasteiger partial charge in [-0.05, 0) is 42.3 Å². The van der Waals surface area contributed by atoms with Crippen LogP contribution in [-0.4, -0.2) is 44.1 Å². The zero-order valence-electron chi connectivity index (χ0n) is 17.2. The molecular weight excluding hydrogens is 452 g/mol. The van der Waals surface area contributed by atoms with Gasteiger partial charge in [-0.1, -0.05) is 17.7 Å². The molecule has 1 heterocycles. The van der Waals surface area contributed by atoms with E-state index in [4.69, 9.17) is 28.2 Å². The molecule has 0 aliphatic heterocycles. The largest absolute Gasteiger partial charge is 0.481 e. The van der Waals surface area contributed by atoms with Gasteiger partial charge in [0.25, 0.3) is 5.91 Å². The van der Waals surface area contributed by atoms with Crippen molar-refractivity contribution in [3.63, 3.8) is 0 Å². The number of carbonyl (C=O) groups excluding carboxylic acids is 1. The third-order valence-corrected chi connectivity index (χ3v) is 5.24. The van der Waals surface area contributed by atoms with Crippen LogP contribution in [0.3, 0.4) is 0 Å². The van der Waals surface area contributed by atoms with E-state index in [-0.39, 0.29) is 30.2 Å². The van der Waals surface area contributed by atoms with E-state index in [1.54, 1.807) is 24.3 Å². The van der Waals surface area contributed by atoms with Crippen LogP contribution in [0.1, 0.15) is 28.8 Å². The number of hydrogen-bond acceptors (Lipinski definition) is 8. The lowest BCUT2D eigenvalue weighted by Gasteiger charge is -2.14. The molecule has 11 nitrogen and oxygen atoms in total. The average molecular weight is 473 g/mol. The van der Waals surface area contributed by atoms with E-state index in [0.29, 0.717) is 28.2 Å². The monoisotopic (exact) mass is 472 g/mol. The number of halogens is 1. The Bertz CT molecular complexity index is 1220. The summed E-state index contributed by atoms with van der Waals surface area (Å²) >= 11 is 6.47. The minimum absolute atomic E-state index is 0.0580. The van der Waals surface area contributed by atoms with Crippen LogP contribution in [0.4, 0.5) is 17.5 Å². The predicted octanol–water partition coefficient (Wildman–Crippen LogP) is 2.11. The summed E-state index contributed by atoms with van der Waals surface area (Å²) in [7, 11) is 0. The first-order valence-electron chi connectivity index (χ1n) is 9.75. The number of fused-ring (bicyclic) bond motifs is 1. The Hall–Kier alpha value is -4.12. The number of aromatic nitrogens is 2. The number of amides is 1. The number of carboxylic acid groups (broad SMARTS) is 2. The molecule has 33 heavy (non-hydrogen) atoms. The molecule has 12 heteroatoms. The van der Waals surface area contributed by atoms with Crippen LogP contribution in [0.2, 0.25) is 5.02 Å². The Balaban J connectivity index is 1.66. The molecule has 1 aromatic heterocycles. The highest BCUT2D eigenvalue weighted by atomic mass is 35.5. The Kier molecular flexibility index (Phi) is 7.13. The van der Waals surface area contributed by atoms with Crippen LogP contribution in [0.15, 0.2) is 36.4 Å². The minimum Gasteiger partial charge on any atom is -0.481 e. The lowest BCUT2D eigenvalue weighted by molar-refractivity contribution is -0.140. The predicted molar refractivity (Wildman–Crippen MR) is 123 cm³/mol. The molecule has 172 valence electrons. The quantitative estimate of drug-likeness (QED) is 0.268. The van der Waals surface area contributed by atoms with Crippen molar-refractivity contribution in [2.75, 3.05) is 16.8 Å². The number of hydrogen-bond donors (Lipinski definition) is 6. The summed E-state index contributed by atoms with van der Waals surface area (Å²) in [6.45, 7) is 0.348. The van der Waals surface area contributed by atoms with Crippen molar-refractivity contribution in [2.24, 2.45) is 0 Å². The van der Waals surface area contributed by atoms with Gasteiger partial charge < -0.3 is 32.3 Å². The third-order valence-electron chi connectivity index (χ3n) is 4.81. The first-order valence-corrected chi connectivity index (χ1v) is 10.1. The molecule has 1 atom stereocenters. The zero-order chi connectivity index (χ0) is 24.1. The van der Waals surface area contributed by atoms with Crippen molar-refractivity contribution in [3.05, 3.63) is 52.5 Å². The maximum Gasteiger partial charge on any atom is 0.326 e. The Morgan fingerprint density at radius 3 is 2.36 bits per heavy atom. The summed E-state index contributed by atoms with van der Waals surface area (Å²) in [5.41, 5.74) is 13.7. The van der Waals surface area contributed by atoms with Crippen molar-refractivity contribution < 1.29 is 24.6 Å². The van der Waals surface area contributed by atoms with Crippen molar-refractivity contribution >= 4 is 57.8 Å². The van der Waals surface area contributed by atoms with Gasteiger partial charge in [0.05, 0.1) is 15.9 Å². The smallest absolute Gasteiger partial charge is 0.326 e. The lowest BCUT2D eigenvalue weighted by atomic mass is 10.1. The molecule has 0 fully saturated rings. The molecule has 3 rings (SSSR count). The molecule has 0 saturated heterocycles. The number of aliphatic carboxylic acids is 2. The number of anilines is 3. The van der Waals surface area contributed by atoms with Crippen LogP contribution in [0.25, 0.3) is 10.9 Å². The van der Waals surface area contributed by atoms with Crippen LogP contribution < -0.4 is 22.1 Å². The van der Waals surface area contributed by atoms with Crippen molar-refractivity contribution in [1.82, 2.24) is 15.3 Å². The molecule has 0 unspecified atom stereocenters. The molecule has 1 amide bonds. The summed E-state index contributed by atoms with van der Waals surface area (Å²) in [5.74, 6) is -2.82. The topological polar surface area (TPSA) is 194 Å². The van der Waals surface area contributed by atoms with E-state index in [1.807, 2.05) is 0 Å². The molecule has 0 radical (unpaired) electrons. The number of benzene rings is 2. The van der Waals surface area contributed by atoms with Gasteiger partial charge in [0.1, 0.15) is 11.9 Å². The molecule has 3 aromatic rings. The number of nitrogens with two attached hydrogens (primary N) is 2. The van der Waals surface area contributed by atoms with E-state index < -0.39 is 23.9 Å². The van der Waals surface area contributed by atoms with Gasteiger partial charge in [0, 0.05) is 24.2 Å². The Morgan fingerprint density at radius 2 is 1.73 bits per heavy atom. The van der Waals surface area contributed by atoms with Crippen molar-refractivity contribution in [2.45, 2.75) is 25.4 Å². The Morgan fingerprint density at radius 1 is 1.03 bits per heavy atom. The third kappa shape index (κ3) is 5.77. The summed E-state index contributed by atoms with van der Waals surface area (Å²) in [4.78, 5) is 42.3. The maximum absolute atomic E-state index is 12.3. The first kappa shape index (κ1) is 23.5. The van der Waals surface area contributed by atoms with Crippen LogP contribution >= 0.6 is 11.6 Å². The minimum atomic E-state index is -1.30. The normalized spacial score (nSPS) is 11.7. The van der Waals surface area contributed by atoms with Crippen LogP contribution in [-0.2, 0) is 16.1 Å². The number of nitrogen functional groups attached to an aromatic ring is 2. The van der Waals surface area contributed by atoms with Gasteiger partial charge in [-0.3, -0.25) is 9.59 Å². The first-order chi connectivity index (χ1) is 15.7. The van der Waals surface area contributed by atoms with E-state index in [9.17, 15) is 19.5 Å². The molecule has 0 spiro atoms. The maximum atomic E-state index is 12.3. The molecule has 0 aliphatic rings. The highest BCUT2D eigenvalue weighted by Crippen LogP contribution is 2.30. The van der Waals surface area contributed by atoms with Gasteiger partial charge in [0.2, 0.25) is 5.95 Å².